The Morgan fingerprint density at radius 2 is 1.46 bits per heavy atom. The van der Waals surface area contributed by atoms with E-state index in [-0.39, 0.29) is 0 Å². The summed E-state index contributed by atoms with van der Waals surface area (Å²) in [4.78, 5) is 8.23. The molecular formula is C25H26N2O. The molecule has 28 heavy (non-hydrogen) atoms. The summed E-state index contributed by atoms with van der Waals surface area (Å²) in [5, 5.41) is 0. The highest BCUT2D eigenvalue weighted by Gasteiger charge is 2.07. The zero-order valence-electron chi connectivity index (χ0n) is 16.5. The third kappa shape index (κ3) is 4.09. The first kappa shape index (κ1) is 18.3. The molecule has 1 aromatic heterocycles. The minimum atomic E-state index is 0.676. The predicted octanol–water partition coefficient (Wildman–Crippen LogP) is 5.98. The van der Waals surface area contributed by atoms with Gasteiger partial charge in [0.05, 0.1) is 17.6 Å². The van der Waals surface area contributed by atoms with Crippen LogP contribution in [-0.2, 0) is 19.3 Å². The average molecular weight is 370 g/mol. The standard InChI is InChI=1S/C25H26N2O/c1-3-18-5-7-19(8-6-18)9-10-20-11-16-23-24(17-20)27-25(26-23)21-12-14-22(15-13-21)28-4-2/h5-8,11-17H,3-4,9-10H2,1-2H3,(H,26,27). The van der Waals surface area contributed by atoms with Gasteiger partial charge >= 0.3 is 0 Å². The fourth-order valence-electron chi connectivity index (χ4n) is 3.45. The summed E-state index contributed by atoms with van der Waals surface area (Å²) in [5.74, 6) is 1.78. The number of rotatable bonds is 7. The molecule has 0 aliphatic rings. The molecule has 4 rings (SSSR count). The lowest BCUT2D eigenvalue weighted by atomic mass is 10.0. The molecule has 3 nitrogen and oxygen atoms in total. The molecule has 1 heterocycles. The van der Waals surface area contributed by atoms with Gasteiger partial charge in [-0.05, 0) is 79.3 Å². The summed E-state index contributed by atoms with van der Waals surface area (Å²) < 4.78 is 5.52. The van der Waals surface area contributed by atoms with E-state index in [1.54, 1.807) is 0 Å². The number of benzene rings is 3. The minimum Gasteiger partial charge on any atom is -0.494 e. The fourth-order valence-corrected chi connectivity index (χ4v) is 3.45. The molecular weight excluding hydrogens is 344 g/mol. The summed E-state index contributed by atoms with van der Waals surface area (Å²) in [5.41, 5.74) is 7.24. The van der Waals surface area contributed by atoms with Crippen molar-refractivity contribution < 1.29 is 4.74 Å². The second kappa shape index (κ2) is 8.30. The van der Waals surface area contributed by atoms with Crippen LogP contribution in [0.15, 0.2) is 66.7 Å². The van der Waals surface area contributed by atoms with Gasteiger partial charge in [0.1, 0.15) is 11.6 Å². The van der Waals surface area contributed by atoms with Crippen LogP contribution in [0.3, 0.4) is 0 Å². The topological polar surface area (TPSA) is 37.9 Å². The Hall–Kier alpha value is -3.07. The summed E-state index contributed by atoms with van der Waals surface area (Å²) in [6.45, 7) is 4.86. The molecule has 0 radical (unpaired) electrons. The van der Waals surface area contributed by atoms with Crippen molar-refractivity contribution in [3.05, 3.63) is 83.4 Å². The van der Waals surface area contributed by atoms with Crippen LogP contribution in [-0.4, -0.2) is 16.6 Å². The highest BCUT2D eigenvalue weighted by atomic mass is 16.5. The van der Waals surface area contributed by atoms with E-state index < -0.39 is 0 Å². The first-order chi connectivity index (χ1) is 13.7. The van der Waals surface area contributed by atoms with Gasteiger partial charge in [-0.3, -0.25) is 0 Å². The zero-order valence-corrected chi connectivity index (χ0v) is 16.5. The van der Waals surface area contributed by atoms with E-state index >= 15 is 0 Å². The lowest BCUT2D eigenvalue weighted by Crippen LogP contribution is -1.92. The number of hydrogen-bond donors (Lipinski definition) is 1. The molecule has 3 aromatic carbocycles. The van der Waals surface area contributed by atoms with Crippen molar-refractivity contribution in [3.8, 4) is 17.1 Å². The smallest absolute Gasteiger partial charge is 0.138 e. The second-order valence-corrected chi connectivity index (χ2v) is 7.06. The Labute approximate surface area is 166 Å². The lowest BCUT2D eigenvalue weighted by molar-refractivity contribution is 0.340. The molecule has 0 atom stereocenters. The number of aromatic nitrogens is 2. The number of H-pyrrole nitrogens is 1. The van der Waals surface area contributed by atoms with Crippen LogP contribution < -0.4 is 4.74 Å². The Balaban J connectivity index is 1.49. The first-order valence-electron chi connectivity index (χ1n) is 10.0. The van der Waals surface area contributed by atoms with Crippen LogP contribution >= 0.6 is 0 Å². The van der Waals surface area contributed by atoms with Crippen LogP contribution in [0.4, 0.5) is 0 Å². The molecule has 1 N–H and O–H groups in total. The van der Waals surface area contributed by atoms with Crippen LogP contribution in [0.25, 0.3) is 22.4 Å². The molecule has 0 aliphatic carbocycles. The van der Waals surface area contributed by atoms with Crippen LogP contribution in [0.1, 0.15) is 30.5 Å². The van der Waals surface area contributed by atoms with Gasteiger partial charge in [-0.15, -0.1) is 0 Å². The average Bonchev–Trinajstić information content (AvgIpc) is 3.17. The minimum absolute atomic E-state index is 0.676. The SMILES string of the molecule is CCOc1ccc(-c2nc3cc(CCc4ccc(CC)cc4)ccc3[nH]2)cc1. The Kier molecular flexibility index (Phi) is 5.43. The molecule has 4 aromatic rings. The highest BCUT2D eigenvalue weighted by Crippen LogP contribution is 2.24. The molecule has 0 unspecified atom stereocenters. The molecule has 142 valence electrons. The van der Waals surface area contributed by atoms with Crippen molar-refractivity contribution in [3.63, 3.8) is 0 Å². The van der Waals surface area contributed by atoms with Crippen molar-refractivity contribution in [2.24, 2.45) is 0 Å². The third-order valence-electron chi connectivity index (χ3n) is 5.12. The van der Waals surface area contributed by atoms with Crippen molar-refractivity contribution in [2.75, 3.05) is 6.61 Å². The number of aromatic amines is 1. The number of ether oxygens (including phenoxy) is 1. The fraction of sp³-hybridized carbons (Fsp3) is 0.240. The Morgan fingerprint density at radius 1 is 0.786 bits per heavy atom. The van der Waals surface area contributed by atoms with Gasteiger partial charge in [-0.1, -0.05) is 37.3 Å². The summed E-state index contributed by atoms with van der Waals surface area (Å²) in [6, 6.07) is 23.6. The van der Waals surface area contributed by atoms with E-state index in [0.717, 1.165) is 47.4 Å². The van der Waals surface area contributed by atoms with E-state index in [2.05, 4.69) is 54.4 Å². The maximum Gasteiger partial charge on any atom is 0.138 e. The summed E-state index contributed by atoms with van der Waals surface area (Å²) >= 11 is 0. The maximum absolute atomic E-state index is 5.52. The number of nitrogens with zero attached hydrogens (tertiary/aromatic N) is 1. The summed E-state index contributed by atoms with van der Waals surface area (Å²) in [6.07, 6.45) is 3.16. The molecule has 0 amide bonds. The first-order valence-corrected chi connectivity index (χ1v) is 10.0. The Bertz CT molecular complexity index is 1050. The normalized spacial score (nSPS) is 11.1. The van der Waals surface area contributed by atoms with Crippen molar-refractivity contribution >= 4 is 11.0 Å². The maximum atomic E-state index is 5.52. The van der Waals surface area contributed by atoms with Gasteiger partial charge < -0.3 is 9.72 Å². The van der Waals surface area contributed by atoms with Crippen LogP contribution in [0, 0.1) is 0 Å². The van der Waals surface area contributed by atoms with Crippen LogP contribution in [0.2, 0.25) is 0 Å². The van der Waals surface area contributed by atoms with E-state index in [4.69, 9.17) is 9.72 Å². The quantitative estimate of drug-likeness (QED) is 0.435. The van der Waals surface area contributed by atoms with Crippen LogP contribution in [0.5, 0.6) is 5.75 Å². The number of imidazole rings is 1. The predicted molar refractivity (Wildman–Crippen MR) is 116 cm³/mol. The molecule has 0 spiro atoms. The Morgan fingerprint density at radius 3 is 2.18 bits per heavy atom. The molecule has 0 saturated heterocycles. The van der Waals surface area contributed by atoms with Gasteiger partial charge in [0.15, 0.2) is 0 Å². The second-order valence-electron chi connectivity index (χ2n) is 7.06. The van der Waals surface area contributed by atoms with E-state index in [1.165, 1.54) is 16.7 Å². The monoisotopic (exact) mass is 370 g/mol. The number of hydrogen-bond acceptors (Lipinski definition) is 2. The van der Waals surface area contributed by atoms with Gasteiger partial charge in [0, 0.05) is 5.56 Å². The zero-order chi connectivity index (χ0) is 19.3. The molecule has 0 fully saturated rings. The molecule has 0 aliphatic heterocycles. The van der Waals surface area contributed by atoms with Crippen molar-refractivity contribution in [1.82, 2.24) is 9.97 Å². The van der Waals surface area contributed by atoms with Gasteiger partial charge in [0.2, 0.25) is 0 Å². The largest absolute Gasteiger partial charge is 0.494 e. The van der Waals surface area contributed by atoms with Crippen molar-refractivity contribution in [1.29, 1.82) is 0 Å². The number of fused-ring (bicyclic) bond motifs is 1. The van der Waals surface area contributed by atoms with Gasteiger partial charge in [0.25, 0.3) is 0 Å². The van der Waals surface area contributed by atoms with Gasteiger partial charge in [-0.25, -0.2) is 4.98 Å². The molecule has 0 saturated carbocycles. The lowest BCUT2D eigenvalue weighted by Gasteiger charge is -2.04. The molecule has 3 heteroatoms. The van der Waals surface area contributed by atoms with E-state index in [9.17, 15) is 0 Å². The summed E-state index contributed by atoms with van der Waals surface area (Å²) in [7, 11) is 0. The van der Waals surface area contributed by atoms with Gasteiger partial charge in [-0.2, -0.15) is 0 Å². The number of nitrogens with one attached hydrogen (secondary N) is 1. The number of aryl methyl sites for hydroxylation is 3. The van der Waals surface area contributed by atoms with Crippen molar-refractivity contribution in [2.45, 2.75) is 33.1 Å². The van der Waals surface area contributed by atoms with E-state index in [1.807, 2.05) is 31.2 Å². The highest BCUT2D eigenvalue weighted by molar-refractivity contribution is 5.80. The third-order valence-corrected chi connectivity index (χ3v) is 5.12. The molecule has 0 bridgehead atoms. The van der Waals surface area contributed by atoms with E-state index in [0.29, 0.717) is 6.61 Å².